The van der Waals surface area contributed by atoms with E-state index in [-0.39, 0.29) is 5.91 Å². The minimum atomic E-state index is -0.00313. The Kier molecular flexibility index (Phi) is 7.35. The lowest BCUT2D eigenvalue weighted by Gasteiger charge is -2.34. The minimum absolute atomic E-state index is 0.00313. The molecular weight excluding hydrogens is 416 g/mol. The average Bonchev–Trinajstić information content (AvgIpc) is 3.24. The number of amides is 1. The van der Waals surface area contributed by atoms with Gasteiger partial charge in [-0.15, -0.1) is 11.3 Å². The molecule has 168 valence electrons. The third-order valence-corrected chi connectivity index (χ3v) is 7.04. The summed E-state index contributed by atoms with van der Waals surface area (Å²) in [4.78, 5) is 24.1. The van der Waals surface area contributed by atoms with Gasteiger partial charge in [0.05, 0.1) is 11.4 Å². The number of carbonyl (C=O) groups excluding carboxylic acids is 1. The van der Waals surface area contributed by atoms with Crippen LogP contribution in [0.5, 0.6) is 0 Å². The first-order chi connectivity index (χ1) is 15.5. The zero-order chi connectivity index (χ0) is 22.5. The predicted molar refractivity (Wildman–Crippen MR) is 132 cm³/mol. The number of hydrogen-bond donors (Lipinski definition) is 0. The fourth-order valence-corrected chi connectivity index (χ4v) is 5.14. The number of anilines is 2. The summed E-state index contributed by atoms with van der Waals surface area (Å²) < 4.78 is 0. The second kappa shape index (κ2) is 10.4. The molecule has 1 amide bonds. The third-order valence-electron chi connectivity index (χ3n) is 6.16. The number of rotatable bonds is 7. The Balaban J connectivity index is 1.38. The van der Waals surface area contributed by atoms with E-state index in [0.717, 1.165) is 67.8 Å². The molecule has 1 aliphatic rings. The van der Waals surface area contributed by atoms with Crippen molar-refractivity contribution in [2.24, 2.45) is 0 Å². The Morgan fingerprint density at radius 3 is 2.25 bits per heavy atom. The van der Waals surface area contributed by atoms with Crippen LogP contribution in [0.3, 0.4) is 0 Å². The first kappa shape index (κ1) is 22.6. The molecule has 1 saturated heterocycles. The zero-order valence-corrected chi connectivity index (χ0v) is 20.1. The summed E-state index contributed by atoms with van der Waals surface area (Å²) in [6.07, 6.45) is 0.880. The number of benzene rings is 2. The number of hydrogen-bond acceptors (Lipinski definition) is 5. The molecule has 0 N–H and O–H groups in total. The minimum Gasteiger partial charge on any atom is -0.297 e. The van der Waals surface area contributed by atoms with Crippen LogP contribution in [0.1, 0.15) is 36.2 Å². The van der Waals surface area contributed by atoms with Crippen LogP contribution in [0.2, 0.25) is 0 Å². The molecule has 0 aliphatic carbocycles. The molecule has 0 spiro atoms. The van der Waals surface area contributed by atoms with Crippen LogP contribution < -0.4 is 4.90 Å². The summed E-state index contributed by atoms with van der Waals surface area (Å²) >= 11 is 1.55. The van der Waals surface area contributed by atoms with E-state index < -0.39 is 0 Å². The number of carbonyl (C=O) groups is 1. The van der Waals surface area contributed by atoms with Crippen molar-refractivity contribution in [2.45, 2.75) is 40.3 Å². The summed E-state index contributed by atoms with van der Waals surface area (Å²) in [7, 11) is 0. The van der Waals surface area contributed by atoms with Crippen molar-refractivity contribution in [3.8, 4) is 0 Å². The first-order valence-electron chi connectivity index (χ1n) is 11.4. The SMILES string of the molecule is CCc1ccccc1N(C(C)=O)c1nc(CN2CCN(Cc3ccccc3C)CC2)cs1. The average molecular weight is 449 g/mol. The van der Waals surface area contributed by atoms with Crippen LogP contribution in [0, 0.1) is 6.92 Å². The van der Waals surface area contributed by atoms with Gasteiger partial charge in [-0.3, -0.25) is 19.5 Å². The quantitative estimate of drug-likeness (QED) is 0.509. The predicted octanol–water partition coefficient (Wildman–Crippen LogP) is 5.02. The number of nitrogens with zero attached hydrogens (tertiary/aromatic N) is 4. The van der Waals surface area contributed by atoms with E-state index in [9.17, 15) is 4.79 Å². The molecule has 1 aliphatic heterocycles. The van der Waals surface area contributed by atoms with Gasteiger partial charge in [0.2, 0.25) is 5.91 Å². The molecule has 0 unspecified atom stereocenters. The van der Waals surface area contributed by atoms with Crippen LogP contribution >= 0.6 is 11.3 Å². The topological polar surface area (TPSA) is 39.7 Å². The van der Waals surface area contributed by atoms with E-state index >= 15 is 0 Å². The van der Waals surface area contributed by atoms with Crippen LogP contribution in [0.15, 0.2) is 53.9 Å². The molecule has 0 saturated carbocycles. The van der Waals surface area contributed by atoms with Crippen molar-refractivity contribution in [3.05, 3.63) is 76.3 Å². The lowest BCUT2D eigenvalue weighted by atomic mass is 10.1. The summed E-state index contributed by atoms with van der Waals surface area (Å²) in [6.45, 7) is 12.0. The van der Waals surface area contributed by atoms with Gasteiger partial charge in [-0.2, -0.15) is 0 Å². The lowest BCUT2D eigenvalue weighted by Crippen LogP contribution is -2.45. The Labute approximate surface area is 195 Å². The smallest absolute Gasteiger partial charge is 0.230 e. The highest BCUT2D eigenvalue weighted by molar-refractivity contribution is 7.14. The van der Waals surface area contributed by atoms with Crippen molar-refractivity contribution in [3.63, 3.8) is 0 Å². The number of aromatic nitrogens is 1. The van der Waals surface area contributed by atoms with Gasteiger partial charge in [0.25, 0.3) is 0 Å². The standard InChI is InChI=1S/C26H32N4OS/c1-4-22-10-7-8-12-25(22)30(21(3)31)26-27-24(19-32-26)18-29-15-13-28(14-16-29)17-23-11-6-5-9-20(23)2/h5-12,19H,4,13-18H2,1-3H3. The molecule has 5 nitrogen and oxygen atoms in total. The highest BCUT2D eigenvalue weighted by Crippen LogP contribution is 2.32. The monoisotopic (exact) mass is 448 g/mol. The van der Waals surface area contributed by atoms with Crippen LogP contribution in [-0.2, 0) is 24.3 Å². The molecule has 0 atom stereocenters. The van der Waals surface area contributed by atoms with E-state index in [1.165, 1.54) is 11.1 Å². The molecule has 3 aromatic rings. The fraction of sp³-hybridized carbons (Fsp3) is 0.385. The highest BCUT2D eigenvalue weighted by Gasteiger charge is 2.22. The van der Waals surface area contributed by atoms with Gasteiger partial charge in [0.1, 0.15) is 0 Å². The van der Waals surface area contributed by atoms with Crippen molar-refractivity contribution >= 4 is 28.1 Å². The largest absolute Gasteiger partial charge is 0.297 e. The van der Waals surface area contributed by atoms with Crippen molar-refractivity contribution < 1.29 is 4.79 Å². The summed E-state index contributed by atoms with van der Waals surface area (Å²) in [5.74, 6) is -0.00313. The van der Waals surface area contributed by atoms with E-state index in [1.807, 2.05) is 18.2 Å². The molecule has 1 fully saturated rings. The Hall–Kier alpha value is -2.54. The summed E-state index contributed by atoms with van der Waals surface area (Å²) in [5, 5.41) is 2.85. The second-order valence-corrected chi connectivity index (χ2v) is 9.27. The van der Waals surface area contributed by atoms with Crippen molar-refractivity contribution in [2.75, 3.05) is 31.1 Å². The van der Waals surface area contributed by atoms with Gasteiger partial charge in [0, 0.05) is 51.6 Å². The molecule has 2 heterocycles. The van der Waals surface area contributed by atoms with Gasteiger partial charge in [-0.05, 0) is 36.1 Å². The number of aryl methyl sites for hydroxylation is 2. The maximum absolute atomic E-state index is 12.5. The zero-order valence-electron chi connectivity index (χ0n) is 19.3. The third kappa shape index (κ3) is 5.26. The van der Waals surface area contributed by atoms with Crippen LogP contribution in [0.4, 0.5) is 10.8 Å². The van der Waals surface area contributed by atoms with Crippen molar-refractivity contribution in [1.82, 2.24) is 14.8 Å². The normalized spacial score (nSPS) is 15.1. The molecule has 32 heavy (non-hydrogen) atoms. The first-order valence-corrected chi connectivity index (χ1v) is 12.3. The van der Waals surface area contributed by atoms with Gasteiger partial charge in [0.15, 0.2) is 5.13 Å². The van der Waals surface area contributed by atoms with Crippen LogP contribution in [0.25, 0.3) is 0 Å². The molecule has 1 aromatic heterocycles. The van der Waals surface area contributed by atoms with E-state index in [1.54, 1.807) is 23.2 Å². The Bertz CT molecular complexity index is 1060. The summed E-state index contributed by atoms with van der Waals surface area (Å²) in [5.41, 5.74) is 5.92. The lowest BCUT2D eigenvalue weighted by molar-refractivity contribution is -0.115. The molecule has 2 aromatic carbocycles. The van der Waals surface area contributed by atoms with E-state index in [2.05, 4.69) is 59.4 Å². The van der Waals surface area contributed by atoms with Gasteiger partial charge >= 0.3 is 0 Å². The molecule has 0 radical (unpaired) electrons. The maximum Gasteiger partial charge on any atom is 0.230 e. The molecular formula is C26H32N4OS. The van der Waals surface area contributed by atoms with Crippen molar-refractivity contribution in [1.29, 1.82) is 0 Å². The van der Waals surface area contributed by atoms with Gasteiger partial charge in [-0.1, -0.05) is 49.4 Å². The van der Waals surface area contributed by atoms with Gasteiger partial charge < -0.3 is 0 Å². The molecule has 4 rings (SSSR count). The van der Waals surface area contributed by atoms with Crippen LogP contribution in [-0.4, -0.2) is 46.9 Å². The summed E-state index contributed by atoms with van der Waals surface area (Å²) in [6, 6.07) is 16.7. The second-order valence-electron chi connectivity index (χ2n) is 8.44. The Morgan fingerprint density at radius 2 is 1.59 bits per heavy atom. The van der Waals surface area contributed by atoms with E-state index in [0.29, 0.717) is 0 Å². The Morgan fingerprint density at radius 1 is 0.969 bits per heavy atom. The highest BCUT2D eigenvalue weighted by atomic mass is 32.1. The van der Waals surface area contributed by atoms with E-state index in [4.69, 9.17) is 4.98 Å². The van der Waals surface area contributed by atoms with Gasteiger partial charge in [-0.25, -0.2) is 4.98 Å². The molecule has 0 bridgehead atoms. The fourth-order valence-electron chi connectivity index (χ4n) is 4.27. The molecule has 6 heteroatoms. The number of thiazole rings is 1. The number of para-hydroxylation sites is 1. The number of piperazine rings is 1. The maximum atomic E-state index is 12.5.